The Hall–Kier alpha value is -1.63. The Labute approximate surface area is 128 Å². The lowest BCUT2D eigenvalue weighted by Gasteiger charge is -2.41. The van der Waals surface area contributed by atoms with Gasteiger partial charge in [-0.05, 0) is 26.2 Å². The second-order valence-electron chi connectivity index (χ2n) is 5.65. The van der Waals surface area contributed by atoms with Crippen molar-refractivity contribution in [2.75, 3.05) is 13.1 Å². The van der Waals surface area contributed by atoms with E-state index in [0.717, 1.165) is 17.8 Å². The van der Waals surface area contributed by atoms with Crippen LogP contribution in [0, 0.1) is 0 Å². The number of aromatic nitrogens is 1. The molecule has 116 valence electrons. The number of thiazole rings is 1. The van der Waals surface area contributed by atoms with E-state index in [4.69, 9.17) is 0 Å². The Morgan fingerprint density at radius 2 is 2.33 bits per heavy atom. The monoisotopic (exact) mass is 311 g/mol. The van der Waals surface area contributed by atoms with Crippen LogP contribution >= 0.6 is 11.3 Å². The standard InChI is InChI=1S/C14H21N3O3S/c1-10(11-15-6-8-21-11)9-16-13(20)17-7-4-3-5-14(17,2)12(18)19/h6,8,10H,3-5,7,9H2,1-2H3,(H,16,20)(H,18,19). The number of urea groups is 1. The predicted octanol–water partition coefficient (Wildman–Crippen LogP) is 2.29. The molecule has 1 aromatic rings. The maximum absolute atomic E-state index is 12.3. The van der Waals surface area contributed by atoms with Gasteiger partial charge in [0.1, 0.15) is 5.54 Å². The zero-order valence-electron chi connectivity index (χ0n) is 12.3. The molecule has 0 aliphatic carbocycles. The molecule has 2 heterocycles. The molecule has 2 rings (SSSR count). The van der Waals surface area contributed by atoms with E-state index in [1.165, 1.54) is 4.90 Å². The van der Waals surface area contributed by atoms with E-state index in [9.17, 15) is 14.7 Å². The number of hydrogen-bond donors (Lipinski definition) is 2. The van der Waals surface area contributed by atoms with E-state index in [0.29, 0.717) is 19.5 Å². The number of carbonyl (C=O) groups excluding carboxylic acids is 1. The van der Waals surface area contributed by atoms with Gasteiger partial charge in [0.15, 0.2) is 0 Å². The third kappa shape index (κ3) is 3.34. The third-order valence-electron chi connectivity index (χ3n) is 4.03. The van der Waals surface area contributed by atoms with Crippen LogP contribution in [0.4, 0.5) is 4.79 Å². The second-order valence-corrected chi connectivity index (χ2v) is 6.57. The van der Waals surface area contributed by atoms with Crippen molar-refractivity contribution in [3.63, 3.8) is 0 Å². The molecule has 1 aromatic heterocycles. The van der Waals surface area contributed by atoms with Gasteiger partial charge >= 0.3 is 12.0 Å². The highest BCUT2D eigenvalue weighted by atomic mass is 32.1. The molecular formula is C14H21N3O3S. The molecule has 7 heteroatoms. The Bertz CT molecular complexity index is 506. The van der Waals surface area contributed by atoms with Crippen LogP contribution < -0.4 is 5.32 Å². The van der Waals surface area contributed by atoms with E-state index < -0.39 is 11.5 Å². The number of carbonyl (C=O) groups is 2. The fourth-order valence-corrected chi connectivity index (χ4v) is 3.27. The Kier molecular flexibility index (Phi) is 4.82. The summed E-state index contributed by atoms with van der Waals surface area (Å²) in [6, 6.07) is -0.303. The molecule has 1 fully saturated rings. The highest BCUT2D eigenvalue weighted by Crippen LogP contribution is 2.28. The second kappa shape index (κ2) is 6.43. The molecule has 1 aliphatic heterocycles. The van der Waals surface area contributed by atoms with Crippen molar-refractivity contribution in [1.82, 2.24) is 15.2 Å². The summed E-state index contributed by atoms with van der Waals surface area (Å²) >= 11 is 1.55. The minimum absolute atomic E-state index is 0.120. The van der Waals surface area contributed by atoms with E-state index in [2.05, 4.69) is 10.3 Å². The molecule has 21 heavy (non-hydrogen) atoms. The van der Waals surface area contributed by atoms with Gasteiger partial charge in [-0.25, -0.2) is 14.6 Å². The maximum Gasteiger partial charge on any atom is 0.329 e. The third-order valence-corrected chi connectivity index (χ3v) is 5.04. The summed E-state index contributed by atoms with van der Waals surface area (Å²) in [5.74, 6) is -0.819. The fourth-order valence-electron chi connectivity index (χ4n) is 2.57. The summed E-state index contributed by atoms with van der Waals surface area (Å²) in [5, 5.41) is 15.1. The van der Waals surface area contributed by atoms with Gasteiger partial charge in [0, 0.05) is 30.6 Å². The molecule has 0 saturated carbocycles. The van der Waals surface area contributed by atoms with Crippen LogP contribution in [0.5, 0.6) is 0 Å². The Balaban J connectivity index is 1.97. The number of piperidine rings is 1. The molecule has 0 spiro atoms. The lowest BCUT2D eigenvalue weighted by atomic mass is 9.89. The molecule has 1 saturated heterocycles. The first-order chi connectivity index (χ1) is 9.95. The van der Waals surface area contributed by atoms with Crippen LogP contribution in [-0.2, 0) is 4.79 Å². The maximum atomic E-state index is 12.3. The van der Waals surface area contributed by atoms with Gasteiger partial charge in [-0.3, -0.25) is 0 Å². The van der Waals surface area contributed by atoms with E-state index in [-0.39, 0.29) is 11.9 Å². The number of aliphatic carboxylic acids is 1. The highest BCUT2D eigenvalue weighted by Gasteiger charge is 2.43. The van der Waals surface area contributed by atoms with Gasteiger partial charge in [-0.2, -0.15) is 0 Å². The number of carboxylic acids is 1. The minimum Gasteiger partial charge on any atom is -0.480 e. The molecular weight excluding hydrogens is 290 g/mol. The summed E-state index contributed by atoms with van der Waals surface area (Å²) in [4.78, 5) is 29.5. The zero-order valence-corrected chi connectivity index (χ0v) is 13.2. The average Bonchev–Trinajstić information content (AvgIpc) is 2.99. The lowest BCUT2D eigenvalue weighted by molar-refractivity contribution is -0.150. The van der Waals surface area contributed by atoms with Gasteiger partial charge in [0.05, 0.1) is 5.01 Å². The van der Waals surface area contributed by atoms with Gasteiger partial charge in [-0.15, -0.1) is 11.3 Å². The smallest absolute Gasteiger partial charge is 0.329 e. The van der Waals surface area contributed by atoms with Crippen molar-refractivity contribution in [3.8, 4) is 0 Å². The molecule has 2 atom stereocenters. The summed E-state index contributed by atoms with van der Waals surface area (Å²) < 4.78 is 0. The molecule has 0 aromatic carbocycles. The number of rotatable bonds is 4. The van der Waals surface area contributed by atoms with Gasteiger partial charge in [0.2, 0.25) is 0 Å². The fraction of sp³-hybridized carbons (Fsp3) is 0.643. The first-order valence-electron chi connectivity index (χ1n) is 7.13. The van der Waals surface area contributed by atoms with Gasteiger partial charge in [0.25, 0.3) is 0 Å². The Morgan fingerprint density at radius 3 is 2.95 bits per heavy atom. The normalized spacial score (nSPS) is 23.6. The quantitative estimate of drug-likeness (QED) is 0.893. The van der Waals surface area contributed by atoms with Crippen molar-refractivity contribution in [2.24, 2.45) is 0 Å². The molecule has 0 bridgehead atoms. The van der Waals surface area contributed by atoms with Crippen molar-refractivity contribution in [1.29, 1.82) is 0 Å². The Morgan fingerprint density at radius 1 is 1.57 bits per heavy atom. The zero-order chi connectivity index (χ0) is 15.5. The molecule has 1 aliphatic rings. The largest absolute Gasteiger partial charge is 0.480 e. The first-order valence-corrected chi connectivity index (χ1v) is 8.01. The average molecular weight is 311 g/mol. The molecule has 2 N–H and O–H groups in total. The van der Waals surface area contributed by atoms with E-state index in [1.807, 2.05) is 12.3 Å². The lowest BCUT2D eigenvalue weighted by Crippen LogP contribution is -2.60. The van der Waals surface area contributed by atoms with Crippen LogP contribution in [-0.4, -0.2) is 45.6 Å². The molecule has 2 amide bonds. The van der Waals surface area contributed by atoms with E-state index in [1.54, 1.807) is 24.5 Å². The van der Waals surface area contributed by atoms with Crippen LogP contribution in [0.1, 0.15) is 44.0 Å². The van der Waals surface area contributed by atoms with Crippen molar-refractivity contribution in [2.45, 2.75) is 44.6 Å². The number of nitrogens with zero attached hydrogens (tertiary/aromatic N) is 2. The van der Waals surface area contributed by atoms with Gasteiger partial charge in [-0.1, -0.05) is 6.92 Å². The van der Waals surface area contributed by atoms with Crippen molar-refractivity contribution >= 4 is 23.3 Å². The van der Waals surface area contributed by atoms with Crippen LogP contribution in [0.15, 0.2) is 11.6 Å². The molecule has 6 nitrogen and oxygen atoms in total. The van der Waals surface area contributed by atoms with Crippen molar-refractivity contribution in [3.05, 3.63) is 16.6 Å². The summed E-state index contributed by atoms with van der Waals surface area (Å²) in [6.07, 6.45) is 3.92. The number of hydrogen-bond acceptors (Lipinski definition) is 4. The summed E-state index contributed by atoms with van der Waals surface area (Å²) in [5.41, 5.74) is -1.10. The highest BCUT2D eigenvalue weighted by molar-refractivity contribution is 7.09. The van der Waals surface area contributed by atoms with Crippen LogP contribution in [0.2, 0.25) is 0 Å². The van der Waals surface area contributed by atoms with Crippen molar-refractivity contribution < 1.29 is 14.7 Å². The minimum atomic E-state index is -1.10. The predicted molar refractivity (Wildman–Crippen MR) is 80.5 cm³/mol. The van der Waals surface area contributed by atoms with E-state index >= 15 is 0 Å². The topological polar surface area (TPSA) is 82.5 Å². The number of carboxylic acid groups (broad SMARTS) is 1. The number of nitrogens with one attached hydrogen (secondary N) is 1. The summed E-state index contributed by atoms with van der Waals surface area (Å²) in [6.45, 7) is 4.56. The first kappa shape index (κ1) is 15.8. The SMILES string of the molecule is CC(CNC(=O)N1CCCCC1(C)C(=O)O)c1nccs1. The molecule has 0 radical (unpaired) electrons. The number of amides is 2. The summed E-state index contributed by atoms with van der Waals surface area (Å²) in [7, 11) is 0. The van der Waals surface area contributed by atoms with Crippen LogP contribution in [0.3, 0.4) is 0 Å². The molecule has 2 unspecified atom stereocenters. The van der Waals surface area contributed by atoms with Gasteiger partial charge < -0.3 is 15.3 Å². The van der Waals surface area contributed by atoms with Crippen LogP contribution in [0.25, 0.3) is 0 Å². The number of likely N-dealkylation sites (tertiary alicyclic amines) is 1.